The Balaban J connectivity index is 2.76. The van der Waals surface area contributed by atoms with E-state index in [-0.39, 0.29) is 12.4 Å². The van der Waals surface area contributed by atoms with E-state index in [0.717, 1.165) is 0 Å². The molecule has 1 rings (SSSR count). The van der Waals surface area contributed by atoms with Crippen LogP contribution in [0.25, 0.3) is 0 Å². The Kier molecular flexibility index (Phi) is 5.90. The Bertz CT molecular complexity index is 490. The summed E-state index contributed by atoms with van der Waals surface area (Å²) in [6.07, 6.45) is 0.896. The van der Waals surface area contributed by atoms with Crippen molar-refractivity contribution in [2.24, 2.45) is 0 Å². The SMILES string of the molecule is COc1ccc(Br)c(NS(=O)(=O)CCCCO)c1. The summed E-state index contributed by atoms with van der Waals surface area (Å²) in [5.41, 5.74) is 0.443. The summed E-state index contributed by atoms with van der Waals surface area (Å²) in [5, 5.41) is 8.63. The summed E-state index contributed by atoms with van der Waals surface area (Å²) in [5.74, 6) is 0.559. The smallest absolute Gasteiger partial charge is 0.232 e. The van der Waals surface area contributed by atoms with Crippen molar-refractivity contribution in [3.05, 3.63) is 22.7 Å². The van der Waals surface area contributed by atoms with Gasteiger partial charge in [0.2, 0.25) is 10.0 Å². The highest BCUT2D eigenvalue weighted by atomic mass is 79.9. The van der Waals surface area contributed by atoms with Crippen LogP contribution in [0.2, 0.25) is 0 Å². The van der Waals surface area contributed by atoms with E-state index in [1.54, 1.807) is 18.2 Å². The predicted molar refractivity (Wildman–Crippen MR) is 74.4 cm³/mol. The van der Waals surface area contributed by atoms with Gasteiger partial charge in [-0.05, 0) is 40.9 Å². The number of aliphatic hydroxyl groups is 1. The number of sulfonamides is 1. The highest BCUT2D eigenvalue weighted by Crippen LogP contribution is 2.28. The third-order valence-electron chi connectivity index (χ3n) is 2.26. The molecule has 18 heavy (non-hydrogen) atoms. The van der Waals surface area contributed by atoms with Gasteiger partial charge in [-0.3, -0.25) is 4.72 Å². The molecule has 0 aliphatic carbocycles. The molecule has 0 bridgehead atoms. The lowest BCUT2D eigenvalue weighted by molar-refractivity contribution is 0.287. The topological polar surface area (TPSA) is 75.6 Å². The first kappa shape index (κ1) is 15.3. The van der Waals surface area contributed by atoms with Gasteiger partial charge in [0.05, 0.1) is 18.6 Å². The van der Waals surface area contributed by atoms with Crippen LogP contribution in [0, 0.1) is 0 Å². The van der Waals surface area contributed by atoms with Gasteiger partial charge < -0.3 is 9.84 Å². The number of nitrogens with one attached hydrogen (secondary N) is 1. The average molecular weight is 338 g/mol. The van der Waals surface area contributed by atoms with Gasteiger partial charge in [0, 0.05) is 17.1 Å². The Morgan fingerprint density at radius 2 is 2.11 bits per heavy atom. The van der Waals surface area contributed by atoms with Gasteiger partial charge >= 0.3 is 0 Å². The van der Waals surface area contributed by atoms with E-state index in [2.05, 4.69) is 20.7 Å². The molecule has 0 heterocycles. The number of anilines is 1. The van der Waals surface area contributed by atoms with Gasteiger partial charge in [-0.2, -0.15) is 0 Å². The molecule has 0 aromatic heterocycles. The van der Waals surface area contributed by atoms with Gasteiger partial charge in [-0.1, -0.05) is 0 Å². The van der Waals surface area contributed by atoms with Crippen LogP contribution in [-0.2, 0) is 10.0 Å². The molecule has 5 nitrogen and oxygen atoms in total. The number of hydrogen-bond acceptors (Lipinski definition) is 4. The molecule has 0 radical (unpaired) electrons. The van der Waals surface area contributed by atoms with E-state index < -0.39 is 10.0 Å². The van der Waals surface area contributed by atoms with Crippen molar-refractivity contribution in [3.63, 3.8) is 0 Å². The van der Waals surface area contributed by atoms with Crippen LogP contribution in [0.5, 0.6) is 5.75 Å². The fraction of sp³-hybridized carbons (Fsp3) is 0.455. The zero-order chi connectivity index (χ0) is 13.6. The third-order valence-corrected chi connectivity index (χ3v) is 4.31. The molecule has 0 aliphatic heterocycles. The molecule has 0 unspecified atom stereocenters. The van der Waals surface area contributed by atoms with E-state index in [1.807, 2.05) is 0 Å². The Morgan fingerprint density at radius 3 is 2.72 bits per heavy atom. The fourth-order valence-electron chi connectivity index (χ4n) is 1.33. The molecule has 7 heteroatoms. The summed E-state index contributed by atoms with van der Waals surface area (Å²) in [6, 6.07) is 5.05. The summed E-state index contributed by atoms with van der Waals surface area (Å²) in [4.78, 5) is 0. The van der Waals surface area contributed by atoms with Gasteiger partial charge in [0.1, 0.15) is 5.75 Å². The van der Waals surface area contributed by atoms with Gasteiger partial charge in [0.15, 0.2) is 0 Å². The first-order valence-electron chi connectivity index (χ1n) is 5.43. The van der Waals surface area contributed by atoms with E-state index in [1.165, 1.54) is 7.11 Å². The molecule has 1 aromatic rings. The van der Waals surface area contributed by atoms with Gasteiger partial charge in [-0.25, -0.2) is 8.42 Å². The van der Waals surface area contributed by atoms with Gasteiger partial charge in [0.25, 0.3) is 0 Å². The molecule has 2 N–H and O–H groups in total. The van der Waals surface area contributed by atoms with Crippen LogP contribution in [0.3, 0.4) is 0 Å². The first-order chi connectivity index (χ1) is 8.48. The molecule has 0 saturated heterocycles. The zero-order valence-electron chi connectivity index (χ0n) is 10.0. The maximum absolute atomic E-state index is 11.8. The van der Waals surface area contributed by atoms with Crippen LogP contribution < -0.4 is 9.46 Å². The second-order valence-corrected chi connectivity index (χ2v) is 6.39. The van der Waals surface area contributed by atoms with Gasteiger partial charge in [-0.15, -0.1) is 0 Å². The van der Waals surface area contributed by atoms with Crippen molar-refractivity contribution in [1.29, 1.82) is 0 Å². The quantitative estimate of drug-likeness (QED) is 0.746. The number of methoxy groups -OCH3 is 1. The van der Waals surface area contributed by atoms with Crippen molar-refractivity contribution < 1.29 is 18.3 Å². The molecule has 0 atom stereocenters. The van der Waals surface area contributed by atoms with Crippen LogP contribution >= 0.6 is 15.9 Å². The molecule has 0 spiro atoms. The standard InChI is InChI=1S/C11H16BrNO4S/c1-17-9-4-5-10(12)11(8-9)13-18(15,16)7-3-2-6-14/h4-5,8,13-14H,2-3,6-7H2,1H3. The predicted octanol–water partition coefficient (Wildman–Crippen LogP) is 1.97. The number of hydrogen-bond donors (Lipinski definition) is 2. The van der Waals surface area contributed by atoms with Crippen LogP contribution in [0.15, 0.2) is 22.7 Å². The highest BCUT2D eigenvalue weighted by molar-refractivity contribution is 9.10. The maximum Gasteiger partial charge on any atom is 0.232 e. The molecule has 0 aliphatic rings. The summed E-state index contributed by atoms with van der Waals surface area (Å²) in [6.45, 7) is -0.00161. The van der Waals surface area contributed by atoms with E-state index in [0.29, 0.717) is 28.8 Å². The number of benzene rings is 1. The maximum atomic E-state index is 11.8. The number of unbranched alkanes of at least 4 members (excludes halogenated alkanes) is 1. The molecule has 1 aromatic carbocycles. The Morgan fingerprint density at radius 1 is 1.39 bits per heavy atom. The third kappa shape index (κ3) is 4.83. The fourth-order valence-corrected chi connectivity index (χ4v) is 3.00. The van der Waals surface area contributed by atoms with E-state index in [9.17, 15) is 8.42 Å². The average Bonchev–Trinajstić information content (AvgIpc) is 2.32. The van der Waals surface area contributed by atoms with Crippen molar-refractivity contribution >= 4 is 31.6 Å². The van der Waals surface area contributed by atoms with Crippen molar-refractivity contribution in [3.8, 4) is 5.75 Å². The molecule has 0 fully saturated rings. The minimum Gasteiger partial charge on any atom is -0.497 e. The molecule has 0 amide bonds. The van der Waals surface area contributed by atoms with Crippen molar-refractivity contribution in [2.75, 3.05) is 24.2 Å². The number of rotatable bonds is 7. The summed E-state index contributed by atoms with van der Waals surface area (Å²) < 4.78 is 31.7. The lowest BCUT2D eigenvalue weighted by Crippen LogP contribution is -2.17. The summed E-state index contributed by atoms with van der Waals surface area (Å²) in [7, 11) is -1.88. The lowest BCUT2D eigenvalue weighted by Gasteiger charge is -2.10. The van der Waals surface area contributed by atoms with Crippen molar-refractivity contribution in [1.82, 2.24) is 0 Å². The molecular weight excluding hydrogens is 322 g/mol. The monoisotopic (exact) mass is 337 g/mol. The van der Waals surface area contributed by atoms with Crippen LogP contribution in [0.4, 0.5) is 5.69 Å². The largest absolute Gasteiger partial charge is 0.497 e. The van der Waals surface area contributed by atoms with Crippen LogP contribution in [-0.4, -0.2) is 33.0 Å². The number of ether oxygens (including phenoxy) is 1. The Labute approximate surface area is 115 Å². The second-order valence-electron chi connectivity index (χ2n) is 3.70. The first-order valence-corrected chi connectivity index (χ1v) is 7.88. The molecule has 0 saturated carbocycles. The number of halogens is 1. The Hall–Kier alpha value is -0.790. The zero-order valence-corrected chi connectivity index (χ0v) is 12.4. The normalized spacial score (nSPS) is 11.3. The van der Waals surface area contributed by atoms with E-state index >= 15 is 0 Å². The lowest BCUT2D eigenvalue weighted by atomic mass is 10.3. The summed E-state index contributed by atoms with van der Waals surface area (Å²) >= 11 is 3.27. The number of aliphatic hydroxyl groups excluding tert-OH is 1. The van der Waals surface area contributed by atoms with Crippen LogP contribution in [0.1, 0.15) is 12.8 Å². The minimum absolute atomic E-state index is 0.00161. The minimum atomic E-state index is -3.40. The second kappa shape index (κ2) is 6.96. The van der Waals surface area contributed by atoms with Crippen molar-refractivity contribution in [2.45, 2.75) is 12.8 Å². The van der Waals surface area contributed by atoms with E-state index in [4.69, 9.17) is 9.84 Å². The molecule has 102 valence electrons. The highest BCUT2D eigenvalue weighted by Gasteiger charge is 2.12. The molecular formula is C11H16BrNO4S.